The number of methoxy groups -OCH3 is 1. The molecule has 1 aromatic heterocycles. The molecule has 3 aliphatic carbocycles. The van der Waals surface area contributed by atoms with Crippen molar-refractivity contribution in [2.75, 3.05) is 33.4 Å². The average molecular weight is 833 g/mol. The number of piperidine rings is 1. The maximum absolute atomic E-state index is 15.1. The number of hydrogen-bond acceptors (Lipinski definition) is 10. The number of benzene rings is 1. The van der Waals surface area contributed by atoms with Gasteiger partial charge in [0.2, 0.25) is 27.7 Å². The zero-order valence-corrected chi connectivity index (χ0v) is 34.6. The number of pyridine rings is 1. The largest absolute Gasteiger partial charge is 0.497 e. The van der Waals surface area contributed by atoms with Gasteiger partial charge in [-0.2, -0.15) is 0 Å². The minimum atomic E-state index is -3.90. The molecule has 5 heterocycles. The van der Waals surface area contributed by atoms with Gasteiger partial charge in [0.05, 0.1) is 30.5 Å². The fraction of sp³-hybridized carbons (Fsp3) is 0.605. The molecule has 16 heteroatoms. The first-order valence-corrected chi connectivity index (χ1v) is 22.8. The molecule has 5 fully saturated rings. The Morgan fingerprint density at radius 2 is 1.81 bits per heavy atom. The quantitative estimate of drug-likeness (QED) is 0.326. The molecule has 15 nitrogen and oxygen atoms in total. The maximum Gasteiger partial charge on any atom is 0.318 e. The van der Waals surface area contributed by atoms with Gasteiger partial charge in [-0.25, -0.2) is 18.2 Å². The topological polar surface area (TPSA) is 186 Å². The van der Waals surface area contributed by atoms with Crippen LogP contribution in [-0.4, -0.2) is 115 Å². The second kappa shape index (κ2) is 17.1. The van der Waals surface area contributed by atoms with E-state index in [1.54, 1.807) is 12.0 Å². The number of urea groups is 1. The molecule has 5 atom stereocenters. The SMILES string of the molecule is C=C[C@@H]1C[C@]1(NC(=O)[C@@H]1C[C@@H]2CN1C(=O)[C@H](C1CCCCC1)NC(=O)N1CCC(CC1)OCCC/C=C/c1cc3ccc(OC)cc3nc1O2)C(=O)NS(=O)(=O)C1CC1. The van der Waals surface area contributed by atoms with Gasteiger partial charge < -0.3 is 34.6 Å². The monoisotopic (exact) mass is 832 g/mol. The molecule has 7 aliphatic rings. The predicted octanol–water partition coefficient (Wildman–Crippen LogP) is 4.21. The number of amides is 5. The molecular weight excluding hydrogens is 777 g/mol. The van der Waals surface area contributed by atoms with E-state index >= 15 is 4.79 Å². The average Bonchev–Trinajstić information content (AvgIpc) is 4.17. The summed E-state index contributed by atoms with van der Waals surface area (Å²) in [5, 5.41) is 6.24. The molecule has 4 bridgehead atoms. The summed E-state index contributed by atoms with van der Waals surface area (Å²) in [5.74, 6) is -1.53. The van der Waals surface area contributed by atoms with E-state index in [0.29, 0.717) is 62.5 Å². The maximum atomic E-state index is 15.1. The van der Waals surface area contributed by atoms with Gasteiger partial charge in [0, 0.05) is 49.1 Å². The third-order valence-electron chi connectivity index (χ3n) is 13.0. The van der Waals surface area contributed by atoms with Gasteiger partial charge in [0.15, 0.2) is 0 Å². The van der Waals surface area contributed by atoms with Crippen LogP contribution in [0.5, 0.6) is 11.6 Å². The van der Waals surface area contributed by atoms with Crippen LogP contribution in [0.2, 0.25) is 0 Å². The lowest BCUT2D eigenvalue weighted by Crippen LogP contribution is -2.60. The Labute approximate surface area is 345 Å². The fourth-order valence-corrected chi connectivity index (χ4v) is 10.5. The van der Waals surface area contributed by atoms with Crippen LogP contribution in [0.25, 0.3) is 17.0 Å². The number of nitrogens with one attached hydrogen (secondary N) is 3. The van der Waals surface area contributed by atoms with E-state index in [1.165, 1.54) is 11.0 Å². The van der Waals surface area contributed by atoms with Crippen molar-refractivity contribution in [3.8, 4) is 11.6 Å². The van der Waals surface area contributed by atoms with Gasteiger partial charge in [-0.1, -0.05) is 37.5 Å². The second-order valence-electron chi connectivity index (χ2n) is 17.0. The molecule has 9 rings (SSSR count). The summed E-state index contributed by atoms with van der Waals surface area (Å²) in [6.45, 7) is 5.44. The van der Waals surface area contributed by atoms with Gasteiger partial charge >= 0.3 is 6.03 Å². The molecule has 0 unspecified atom stereocenters. The number of ether oxygens (including phenoxy) is 3. The van der Waals surface area contributed by atoms with E-state index in [2.05, 4.69) is 28.0 Å². The van der Waals surface area contributed by atoms with Crippen LogP contribution in [0, 0.1) is 11.8 Å². The number of aromatic nitrogens is 1. The first-order chi connectivity index (χ1) is 28.5. The number of hydrogen-bond donors (Lipinski definition) is 3. The van der Waals surface area contributed by atoms with Crippen molar-refractivity contribution in [2.45, 2.75) is 119 Å². The Morgan fingerprint density at radius 1 is 1.03 bits per heavy atom. The van der Waals surface area contributed by atoms with Crippen LogP contribution in [0.15, 0.2) is 43.0 Å². The number of sulfonamides is 1. The molecule has 0 radical (unpaired) electrons. The molecule has 2 aromatic rings. The summed E-state index contributed by atoms with van der Waals surface area (Å²) in [5.41, 5.74) is -0.173. The third kappa shape index (κ3) is 8.93. The molecule has 4 aliphatic heterocycles. The highest BCUT2D eigenvalue weighted by molar-refractivity contribution is 7.91. The van der Waals surface area contributed by atoms with Crippen LogP contribution in [-0.2, 0) is 29.1 Å². The van der Waals surface area contributed by atoms with E-state index in [9.17, 15) is 22.8 Å². The third-order valence-corrected chi connectivity index (χ3v) is 14.8. The van der Waals surface area contributed by atoms with Crippen LogP contribution >= 0.6 is 0 Å². The number of carbonyl (C=O) groups is 4. The Bertz CT molecular complexity index is 2090. The standard InChI is InChI=1S/C43H56N6O9S/c1-3-30-25-43(30,41(52)47-59(54,55)34-15-16-34)46-38(50)36-24-33-26-49(36)40(51)37(27-10-6-4-7-11-27)45-42(53)48-19-17-31(18-20-48)57-21-9-5-8-12-29-22-28-13-14-32(56-2)23-35(28)44-39(29)58-33/h3,8,12-14,22-23,27,30-31,33-34,36-37H,1,4-7,9-11,15-21,24-26H2,2H3,(H,45,53)(H,46,50)(H,47,52)/b12-8+/t30-,33-,36+,37+,43-/m1/s1. The van der Waals surface area contributed by atoms with Gasteiger partial charge in [-0.05, 0) is 81.9 Å². The molecule has 318 valence electrons. The van der Waals surface area contributed by atoms with Crippen LogP contribution < -0.4 is 24.8 Å². The van der Waals surface area contributed by atoms with Crippen molar-refractivity contribution in [1.29, 1.82) is 0 Å². The minimum Gasteiger partial charge on any atom is -0.497 e. The normalized spacial score (nSPS) is 30.1. The summed E-state index contributed by atoms with van der Waals surface area (Å²) in [6, 6.07) is 5.28. The van der Waals surface area contributed by atoms with E-state index in [0.717, 1.165) is 55.9 Å². The lowest BCUT2D eigenvalue weighted by molar-refractivity contribution is -0.142. The molecule has 2 saturated heterocycles. The Hall–Kier alpha value is -4.70. The lowest BCUT2D eigenvalue weighted by atomic mass is 9.83. The van der Waals surface area contributed by atoms with E-state index in [4.69, 9.17) is 19.2 Å². The smallest absolute Gasteiger partial charge is 0.318 e. The van der Waals surface area contributed by atoms with Crippen molar-refractivity contribution in [3.63, 3.8) is 0 Å². The fourth-order valence-electron chi connectivity index (χ4n) is 9.18. The molecule has 5 amide bonds. The molecule has 0 spiro atoms. The van der Waals surface area contributed by atoms with Crippen LogP contribution in [0.3, 0.4) is 0 Å². The highest BCUT2D eigenvalue weighted by Gasteiger charge is 2.62. The van der Waals surface area contributed by atoms with Crippen LogP contribution in [0.4, 0.5) is 4.79 Å². The first-order valence-electron chi connectivity index (χ1n) is 21.3. The van der Waals surface area contributed by atoms with Gasteiger partial charge in [0.1, 0.15) is 29.5 Å². The van der Waals surface area contributed by atoms with E-state index < -0.39 is 62.6 Å². The number of fused-ring (bicyclic) bond motifs is 10. The Morgan fingerprint density at radius 3 is 2.53 bits per heavy atom. The summed E-state index contributed by atoms with van der Waals surface area (Å²) < 4.78 is 46.3. The summed E-state index contributed by atoms with van der Waals surface area (Å²) in [7, 11) is -2.32. The number of carbonyl (C=O) groups excluding carboxylic acids is 4. The second-order valence-corrected chi connectivity index (χ2v) is 19.0. The Balaban J connectivity index is 1.14. The van der Waals surface area contributed by atoms with E-state index in [1.807, 2.05) is 30.3 Å². The molecule has 1 aromatic carbocycles. The summed E-state index contributed by atoms with van der Waals surface area (Å²) in [4.78, 5) is 65.4. The number of rotatable bonds is 8. The van der Waals surface area contributed by atoms with E-state index in [-0.39, 0.29) is 37.4 Å². The lowest BCUT2D eigenvalue weighted by Gasteiger charge is -2.37. The molecular formula is C43H56N6O9S. The first kappa shape index (κ1) is 41.1. The number of allylic oxidation sites excluding steroid dienone is 1. The molecule has 3 N–H and O–H groups in total. The minimum absolute atomic E-state index is 0.0138. The highest BCUT2D eigenvalue weighted by atomic mass is 32.2. The van der Waals surface area contributed by atoms with Crippen molar-refractivity contribution >= 4 is 50.8 Å². The zero-order valence-electron chi connectivity index (χ0n) is 33.7. The van der Waals surface area contributed by atoms with Gasteiger partial charge in [0.25, 0.3) is 5.91 Å². The van der Waals surface area contributed by atoms with Crippen molar-refractivity contribution in [3.05, 3.63) is 48.6 Å². The van der Waals surface area contributed by atoms with Crippen molar-refractivity contribution in [1.82, 2.24) is 30.1 Å². The molecule has 59 heavy (non-hydrogen) atoms. The molecule has 3 saturated carbocycles. The predicted molar refractivity (Wildman–Crippen MR) is 220 cm³/mol. The van der Waals surface area contributed by atoms with Gasteiger partial charge in [-0.3, -0.25) is 19.1 Å². The summed E-state index contributed by atoms with van der Waals surface area (Å²) in [6.07, 6.45) is 13.4. The number of nitrogens with zero attached hydrogens (tertiary/aromatic N) is 3. The highest BCUT2D eigenvalue weighted by Crippen LogP contribution is 2.46. The van der Waals surface area contributed by atoms with Gasteiger partial charge in [-0.15, -0.1) is 6.58 Å². The zero-order chi connectivity index (χ0) is 41.3. The van der Waals surface area contributed by atoms with Crippen molar-refractivity contribution in [2.24, 2.45) is 11.8 Å². The van der Waals surface area contributed by atoms with Crippen LogP contribution in [0.1, 0.15) is 89.0 Å². The summed E-state index contributed by atoms with van der Waals surface area (Å²) >= 11 is 0. The van der Waals surface area contributed by atoms with Crippen molar-refractivity contribution < 1.29 is 41.8 Å². The Kier molecular flexibility index (Phi) is 11.9.